The minimum Gasteiger partial charge on any atom is -0.342 e. The molecule has 0 unspecified atom stereocenters. The number of fused-ring (bicyclic) bond motifs is 1. The highest BCUT2D eigenvalue weighted by molar-refractivity contribution is 5.79. The molecule has 0 amide bonds. The lowest BCUT2D eigenvalue weighted by Crippen LogP contribution is -2.03. The third-order valence-electron chi connectivity index (χ3n) is 2.82. The molecule has 86 valence electrons. The molecule has 0 fully saturated rings. The zero-order chi connectivity index (χ0) is 11.8. The lowest BCUT2D eigenvalue weighted by atomic mass is 10.3. The first-order valence-corrected chi connectivity index (χ1v) is 5.74. The van der Waals surface area contributed by atoms with Crippen molar-refractivity contribution in [2.24, 2.45) is 0 Å². The molecule has 0 radical (unpaired) electrons. The van der Waals surface area contributed by atoms with Crippen LogP contribution in [-0.4, -0.2) is 19.5 Å². The molecule has 4 heteroatoms. The molecular formula is C13H14N4. The van der Waals surface area contributed by atoms with Crippen LogP contribution in [0.15, 0.2) is 36.7 Å². The van der Waals surface area contributed by atoms with Crippen molar-refractivity contribution in [2.75, 3.05) is 0 Å². The Kier molecular flexibility index (Phi) is 2.21. The third kappa shape index (κ3) is 1.53. The van der Waals surface area contributed by atoms with Crippen molar-refractivity contribution >= 4 is 11.0 Å². The van der Waals surface area contributed by atoms with E-state index >= 15 is 0 Å². The van der Waals surface area contributed by atoms with Crippen LogP contribution in [0.25, 0.3) is 22.7 Å². The topological polar surface area (TPSA) is 46.5 Å². The van der Waals surface area contributed by atoms with Gasteiger partial charge in [-0.25, -0.2) is 9.97 Å². The van der Waals surface area contributed by atoms with Gasteiger partial charge in [0.05, 0.1) is 11.0 Å². The third-order valence-corrected chi connectivity index (χ3v) is 2.82. The molecule has 17 heavy (non-hydrogen) atoms. The maximum absolute atomic E-state index is 4.65. The summed E-state index contributed by atoms with van der Waals surface area (Å²) < 4.78 is 2.20. The van der Waals surface area contributed by atoms with Crippen molar-refractivity contribution in [3.63, 3.8) is 0 Å². The number of H-pyrrole nitrogens is 1. The monoisotopic (exact) mass is 226 g/mol. The van der Waals surface area contributed by atoms with Crippen molar-refractivity contribution in [2.45, 2.75) is 19.9 Å². The second-order valence-corrected chi connectivity index (χ2v) is 4.33. The van der Waals surface area contributed by atoms with Crippen LogP contribution in [0.4, 0.5) is 0 Å². The SMILES string of the molecule is CC(C)n1c(-c2ncc[nH]2)nc2ccccc21. The number of nitrogens with one attached hydrogen (secondary N) is 1. The highest BCUT2D eigenvalue weighted by atomic mass is 15.1. The van der Waals surface area contributed by atoms with Gasteiger partial charge in [-0.3, -0.25) is 0 Å². The maximum Gasteiger partial charge on any atom is 0.177 e. The molecular weight excluding hydrogens is 212 g/mol. The Labute approximate surface area is 99.3 Å². The summed E-state index contributed by atoms with van der Waals surface area (Å²) in [5.41, 5.74) is 2.15. The van der Waals surface area contributed by atoms with E-state index in [1.807, 2.05) is 24.4 Å². The van der Waals surface area contributed by atoms with E-state index in [0.717, 1.165) is 22.7 Å². The minimum absolute atomic E-state index is 0.350. The number of rotatable bonds is 2. The molecule has 0 saturated heterocycles. The zero-order valence-electron chi connectivity index (χ0n) is 9.88. The Bertz CT molecular complexity index is 635. The number of nitrogens with zero attached hydrogens (tertiary/aromatic N) is 3. The average Bonchev–Trinajstić information content (AvgIpc) is 2.95. The van der Waals surface area contributed by atoms with Gasteiger partial charge in [0.2, 0.25) is 0 Å². The summed E-state index contributed by atoms with van der Waals surface area (Å²) in [5.74, 6) is 1.71. The normalized spacial score (nSPS) is 11.5. The molecule has 0 bridgehead atoms. The van der Waals surface area contributed by atoms with Gasteiger partial charge < -0.3 is 9.55 Å². The van der Waals surface area contributed by atoms with Crippen LogP contribution in [0.5, 0.6) is 0 Å². The fourth-order valence-corrected chi connectivity index (χ4v) is 2.12. The Balaban J connectivity index is 2.34. The zero-order valence-corrected chi connectivity index (χ0v) is 9.88. The predicted molar refractivity (Wildman–Crippen MR) is 67.7 cm³/mol. The Morgan fingerprint density at radius 2 is 2.06 bits per heavy atom. The molecule has 3 aromatic rings. The average molecular weight is 226 g/mol. The molecule has 3 rings (SSSR count). The van der Waals surface area contributed by atoms with Gasteiger partial charge in [0.1, 0.15) is 0 Å². The van der Waals surface area contributed by atoms with Gasteiger partial charge in [-0.2, -0.15) is 0 Å². The largest absolute Gasteiger partial charge is 0.342 e. The molecule has 2 heterocycles. The lowest BCUT2D eigenvalue weighted by Gasteiger charge is -2.11. The summed E-state index contributed by atoms with van der Waals surface area (Å²) in [5, 5.41) is 0. The van der Waals surface area contributed by atoms with Crippen molar-refractivity contribution in [1.82, 2.24) is 19.5 Å². The van der Waals surface area contributed by atoms with E-state index in [2.05, 4.69) is 39.4 Å². The minimum atomic E-state index is 0.350. The van der Waals surface area contributed by atoms with Crippen LogP contribution in [0, 0.1) is 0 Å². The molecule has 1 aromatic carbocycles. The first-order chi connectivity index (χ1) is 8.27. The molecule has 0 aliphatic rings. The van der Waals surface area contributed by atoms with E-state index in [0.29, 0.717) is 6.04 Å². The van der Waals surface area contributed by atoms with E-state index in [1.165, 1.54) is 0 Å². The Morgan fingerprint density at radius 1 is 1.24 bits per heavy atom. The summed E-state index contributed by atoms with van der Waals surface area (Å²) in [4.78, 5) is 12.0. The summed E-state index contributed by atoms with van der Waals surface area (Å²) in [7, 11) is 0. The van der Waals surface area contributed by atoms with Gasteiger partial charge in [0.15, 0.2) is 11.6 Å². The molecule has 4 nitrogen and oxygen atoms in total. The van der Waals surface area contributed by atoms with E-state index in [9.17, 15) is 0 Å². The summed E-state index contributed by atoms with van der Waals surface area (Å²) in [6, 6.07) is 8.51. The van der Waals surface area contributed by atoms with Gasteiger partial charge in [0.25, 0.3) is 0 Å². The van der Waals surface area contributed by atoms with Gasteiger partial charge in [0, 0.05) is 18.4 Å². The van der Waals surface area contributed by atoms with Crippen LogP contribution in [0.2, 0.25) is 0 Å². The van der Waals surface area contributed by atoms with E-state index < -0.39 is 0 Å². The van der Waals surface area contributed by atoms with Gasteiger partial charge in [-0.15, -0.1) is 0 Å². The molecule has 1 N–H and O–H groups in total. The maximum atomic E-state index is 4.65. The molecule has 2 aromatic heterocycles. The first kappa shape index (κ1) is 10.1. The highest BCUT2D eigenvalue weighted by Crippen LogP contribution is 2.25. The van der Waals surface area contributed by atoms with E-state index in [1.54, 1.807) is 6.20 Å². The number of aromatic nitrogens is 4. The van der Waals surface area contributed by atoms with Crippen molar-refractivity contribution in [3.05, 3.63) is 36.7 Å². The van der Waals surface area contributed by atoms with Crippen molar-refractivity contribution < 1.29 is 0 Å². The van der Waals surface area contributed by atoms with Crippen molar-refractivity contribution in [3.8, 4) is 11.6 Å². The van der Waals surface area contributed by atoms with Crippen molar-refractivity contribution in [1.29, 1.82) is 0 Å². The van der Waals surface area contributed by atoms with Crippen LogP contribution < -0.4 is 0 Å². The number of imidazole rings is 2. The van der Waals surface area contributed by atoms with Crippen LogP contribution >= 0.6 is 0 Å². The smallest absolute Gasteiger partial charge is 0.177 e. The summed E-state index contributed by atoms with van der Waals surface area (Å²) in [6.45, 7) is 4.31. The molecule has 0 saturated carbocycles. The fourth-order valence-electron chi connectivity index (χ4n) is 2.12. The highest BCUT2D eigenvalue weighted by Gasteiger charge is 2.15. The molecule has 0 aliphatic carbocycles. The quantitative estimate of drug-likeness (QED) is 0.730. The van der Waals surface area contributed by atoms with E-state index in [4.69, 9.17) is 0 Å². The summed E-state index contributed by atoms with van der Waals surface area (Å²) >= 11 is 0. The van der Waals surface area contributed by atoms with E-state index in [-0.39, 0.29) is 0 Å². The Morgan fingerprint density at radius 3 is 2.76 bits per heavy atom. The number of benzene rings is 1. The molecule has 0 spiro atoms. The molecule has 0 atom stereocenters. The van der Waals surface area contributed by atoms with Gasteiger partial charge in [-0.1, -0.05) is 12.1 Å². The predicted octanol–water partition coefficient (Wildman–Crippen LogP) is 3.01. The van der Waals surface area contributed by atoms with Gasteiger partial charge in [-0.05, 0) is 26.0 Å². The lowest BCUT2D eigenvalue weighted by molar-refractivity contribution is 0.622. The standard InChI is InChI=1S/C13H14N4/c1-9(2)17-11-6-4-3-5-10(11)16-13(17)12-14-7-8-15-12/h3-9H,1-2H3,(H,14,15). The summed E-state index contributed by atoms with van der Waals surface area (Å²) in [6.07, 6.45) is 3.57. The number of aromatic amines is 1. The Hall–Kier alpha value is -2.10. The van der Waals surface area contributed by atoms with Crippen LogP contribution in [-0.2, 0) is 0 Å². The number of hydrogen-bond donors (Lipinski definition) is 1. The fraction of sp³-hybridized carbons (Fsp3) is 0.231. The number of hydrogen-bond acceptors (Lipinski definition) is 2. The number of para-hydroxylation sites is 2. The second-order valence-electron chi connectivity index (χ2n) is 4.33. The molecule has 0 aliphatic heterocycles. The van der Waals surface area contributed by atoms with Gasteiger partial charge >= 0.3 is 0 Å². The first-order valence-electron chi connectivity index (χ1n) is 5.74. The second kappa shape index (κ2) is 3.73. The van der Waals surface area contributed by atoms with Crippen LogP contribution in [0.3, 0.4) is 0 Å². The van der Waals surface area contributed by atoms with Crippen LogP contribution in [0.1, 0.15) is 19.9 Å².